The van der Waals surface area contributed by atoms with Gasteiger partial charge in [-0.15, -0.1) is 0 Å². The van der Waals surface area contributed by atoms with Crippen LogP contribution in [0.3, 0.4) is 0 Å². The Hall–Kier alpha value is -3.11. The molecule has 0 saturated carbocycles. The molecule has 0 bridgehead atoms. The highest BCUT2D eigenvalue weighted by atomic mass is 32.2. The van der Waals surface area contributed by atoms with Gasteiger partial charge in [0.25, 0.3) is 5.91 Å². The summed E-state index contributed by atoms with van der Waals surface area (Å²) in [4.78, 5) is 29.8. The molecule has 9 nitrogen and oxygen atoms in total. The van der Waals surface area contributed by atoms with Crippen LogP contribution in [0.25, 0.3) is 0 Å². The summed E-state index contributed by atoms with van der Waals surface area (Å²) in [5.41, 5.74) is 0. The van der Waals surface area contributed by atoms with Crippen LogP contribution in [-0.2, 0) is 19.6 Å². The molecule has 2 aromatic carbocycles. The van der Waals surface area contributed by atoms with Crippen molar-refractivity contribution in [2.24, 2.45) is 5.92 Å². The van der Waals surface area contributed by atoms with E-state index in [1.165, 1.54) is 4.31 Å². The molecular formula is C25H29N3O6S. The van der Waals surface area contributed by atoms with Crippen LogP contribution >= 0.6 is 0 Å². The second kappa shape index (κ2) is 9.87. The Kier molecular flexibility index (Phi) is 6.66. The molecule has 0 spiro atoms. The molecule has 3 aliphatic rings. The predicted octanol–water partition coefficient (Wildman–Crippen LogP) is 1.60. The first-order chi connectivity index (χ1) is 16.9. The molecule has 2 fully saturated rings. The maximum absolute atomic E-state index is 13.1. The summed E-state index contributed by atoms with van der Waals surface area (Å²) < 4.78 is 38.6. The standard InChI is InChI=1S/C25H29N3O6S/c29-24(19-10-12-28(13-11-19)35(31,32)20-6-2-1-3-7-20)26-14-16-27(17-15-26)25(30)23-18-33-21-8-4-5-9-22(21)34-23/h1-9,19,23H,10-18H2/t23-/m0/s1. The van der Waals surface area contributed by atoms with Gasteiger partial charge in [0, 0.05) is 45.2 Å². The molecule has 0 N–H and O–H groups in total. The first-order valence-corrected chi connectivity index (χ1v) is 13.4. The second-order valence-electron chi connectivity index (χ2n) is 9.01. The minimum Gasteiger partial charge on any atom is -0.485 e. The van der Waals surface area contributed by atoms with Crippen molar-refractivity contribution >= 4 is 21.8 Å². The van der Waals surface area contributed by atoms with E-state index < -0.39 is 16.1 Å². The molecule has 10 heteroatoms. The number of carbonyl (C=O) groups excluding carboxylic acids is 2. The van der Waals surface area contributed by atoms with Gasteiger partial charge >= 0.3 is 0 Å². The average molecular weight is 500 g/mol. The molecule has 2 aromatic rings. The third-order valence-corrected chi connectivity index (χ3v) is 8.78. The molecule has 0 radical (unpaired) electrons. The lowest BCUT2D eigenvalue weighted by Gasteiger charge is -2.39. The fraction of sp³-hybridized carbons (Fsp3) is 0.440. The zero-order valence-electron chi connectivity index (χ0n) is 19.4. The maximum atomic E-state index is 13.1. The van der Waals surface area contributed by atoms with Gasteiger partial charge in [-0.2, -0.15) is 4.31 Å². The highest BCUT2D eigenvalue weighted by molar-refractivity contribution is 7.89. The summed E-state index contributed by atoms with van der Waals surface area (Å²) in [7, 11) is -3.54. The van der Waals surface area contributed by atoms with Crippen molar-refractivity contribution in [1.82, 2.24) is 14.1 Å². The number of rotatable bonds is 4. The molecule has 186 valence electrons. The van der Waals surface area contributed by atoms with E-state index in [0.717, 1.165) is 0 Å². The van der Waals surface area contributed by atoms with E-state index in [2.05, 4.69) is 0 Å². The number of nitrogens with zero attached hydrogens (tertiary/aromatic N) is 3. The largest absolute Gasteiger partial charge is 0.485 e. The van der Waals surface area contributed by atoms with Crippen LogP contribution in [0.15, 0.2) is 59.5 Å². The van der Waals surface area contributed by atoms with Crippen molar-refractivity contribution in [3.63, 3.8) is 0 Å². The van der Waals surface area contributed by atoms with Gasteiger partial charge in [-0.05, 0) is 37.1 Å². The monoisotopic (exact) mass is 499 g/mol. The number of para-hydroxylation sites is 2. The highest BCUT2D eigenvalue weighted by Crippen LogP contribution is 2.31. The Labute approximate surface area is 205 Å². The molecule has 0 aliphatic carbocycles. The number of piperazine rings is 1. The first-order valence-electron chi connectivity index (χ1n) is 11.9. The summed E-state index contributed by atoms with van der Waals surface area (Å²) >= 11 is 0. The molecule has 35 heavy (non-hydrogen) atoms. The number of carbonyl (C=O) groups is 2. The molecule has 1 atom stereocenters. The van der Waals surface area contributed by atoms with Crippen molar-refractivity contribution in [2.75, 3.05) is 45.9 Å². The van der Waals surface area contributed by atoms with E-state index in [1.54, 1.807) is 46.2 Å². The molecule has 0 aromatic heterocycles. The van der Waals surface area contributed by atoms with Crippen LogP contribution in [0.1, 0.15) is 12.8 Å². The topological polar surface area (TPSA) is 96.5 Å². The predicted molar refractivity (Wildman–Crippen MR) is 127 cm³/mol. The lowest BCUT2D eigenvalue weighted by molar-refractivity contribution is -0.147. The van der Waals surface area contributed by atoms with Gasteiger partial charge in [0.1, 0.15) is 6.61 Å². The van der Waals surface area contributed by atoms with Gasteiger partial charge in [0.05, 0.1) is 4.90 Å². The normalized spacial score (nSPS) is 21.5. The van der Waals surface area contributed by atoms with Crippen molar-refractivity contribution in [1.29, 1.82) is 0 Å². The summed E-state index contributed by atoms with van der Waals surface area (Å²) in [5, 5.41) is 0. The summed E-state index contributed by atoms with van der Waals surface area (Å²) in [6, 6.07) is 15.7. The molecule has 2 saturated heterocycles. The molecule has 2 amide bonds. The second-order valence-corrected chi connectivity index (χ2v) is 10.9. The number of fused-ring (bicyclic) bond motifs is 1. The number of amides is 2. The van der Waals surface area contributed by atoms with Gasteiger partial charge in [0.2, 0.25) is 22.0 Å². The summed E-state index contributed by atoms with van der Waals surface area (Å²) in [6.07, 6.45) is 0.302. The van der Waals surface area contributed by atoms with E-state index in [1.807, 2.05) is 18.2 Å². The van der Waals surface area contributed by atoms with Crippen LogP contribution in [0.5, 0.6) is 11.5 Å². The molecular weight excluding hydrogens is 470 g/mol. The van der Waals surface area contributed by atoms with Crippen LogP contribution in [0, 0.1) is 5.92 Å². The summed E-state index contributed by atoms with van der Waals surface area (Å²) in [6.45, 7) is 2.60. The number of ether oxygens (including phenoxy) is 2. The van der Waals surface area contributed by atoms with Gasteiger partial charge < -0.3 is 19.3 Å². The molecule has 3 aliphatic heterocycles. The van der Waals surface area contributed by atoms with Gasteiger partial charge in [-0.3, -0.25) is 9.59 Å². The zero-order chi connectivity index (χ0) is 24.4. The van der Waals surface area contributed by atoms with Gasteiger partial charge in [-0.1, -0.05) is 30.3 Å². The van der Waals surface area contributed by atoms with Crippen molar-refractivity contribution < 1.29 is 27.5 Å². The minimum absolute atomic E-state index is 0.0417. The molecule has 0 unspecified atom stereocenters. The van der Waals surface area contributed by atoms with Crippen molar-refractivity contribution in [3.8, 4) is 11.5 Å². The Morgan fingerprint density at radius 3 is 1.97 bits per heavy atom. The first kappa shape index (κ1) is 23.6. The number of sulfonamides is 1. The fourth-order valence-corrected chi connectivity index (χ4v) is 6.33. The van der Waals surface area contributed by atoms with E-state index in [0.29, 0.717) is 63.6 Å². The van der Waals surface area contributed by atoms with E-state index in [9.17, 15) is 18.0 Å². The number of benzene rings is 2. The number of piperidine rings is 1. The Morgan fingerprint density at radius 1 is 0.743 bits per heavy atom. The lowest BCUT2D eigenvalue weighted by atomic mass is 9.96. The van der Waals surface area contributed by atoms with Crippen molar-refractivity contribution in [2.45, 2.75) is 23.8 Å². The zero-order valence-corrected chi connectivity index (χ0v) is 20.2. The lowest BCUT2D eigenvalue weighted by Crippen LogP contribution is -2.56. The van der Waals surface area contributed by atoms with Gasteiger partial charge in [-0.25, -0.2) is 8.42 Å². The van der Waals surface area contributed by atoms with E-state index in [-0.39, 0.29) is 29.2 Å². The van der Waals surface area contributed by atoms with E-state index >= 15 is 0 Å². The Bertz CT molecular complexity index is 1170. The third kappa shape index (κ3) is 4.85. The number of hydrogen-bond donors (Lipinski definition) is 0. The molecule has 5 rings (SSSR count). The minimum atomic E-state index is -3.54. The maximum Gasteiger partial charge on any atom is 0.267 e. The molecule has 3 heterocycles. The van der Waals surface area contributed by atoms with Crippen LogP contribution < -0.4 is 9.47 Å². The van der Waals surface area contributed by atoms with Crippen LogP contribution in [-0.4, -0.2) is 86.3 Å². The van der Waals surface area contributed by atoms with Crippen molar-refractivity contribution in [3.05, 3.63) is 54.6 Å². The average Bonchev–Trinajstić information content (AvgIpc) is 2.92. The number of hydrogen-bond acceptors (Lipinski definition) is 6. The Balaban J connectivity index is 1.11. The smallest absolute Gasteiger partial charge is 0.267 e. The third-order valence-electron chi connectivity index (χ3n) is 6.87. The van der Waals surface area contributed by atoms with Crippen LogP contribution in [0.4, 0.5) is 0 Å². The summed E-state index contributed by atoms with van der Waals surface area (Å²) in [5.74, 6) is 0.901. The Morgan fingerprint density at radius 2 is 1.31 bits per heavy atom. The quantitative estimate of drug-likeness (QED) is 0.634. The highest BCUT2D eigenvalue weighted by Gasteiger charge is 2.37. The van der Waals surface area contributed by atoms with Crippen LogP contribution in [0.2, 0.25) is 0 Å². The van der Waals surface area contributed by atoms with Gasteiger partial charge in [0.15, 0.2) is 11.5 Å². The SMILES string of the molecule is O=C(C1CCN(S(=O)(=O)c2ccccc2)CC1)N1CCN(C(=O)[C@@H]2COc3ccccc3O2)CC1. The van der Waals surface area contributed by atoms with E-state index in [4.69, 9.17) is 9.47 Å². The fourth-order valence-electron chi connectivity index (χ4n) is 4.83.